The minimum absolute atomic E-state index is 0.570. The van der Waals surface area contributed by atoms with E-state index in [9.17, 15) is 4.55 Å². The Morgan fingerprint density at radius 3 is 2.93 bits per heavy atom. The maximum atomic E-state index is 12.6. The molecule has 2 aromatic carbocycles. The van der Waals surface area contributed by atoms with Gasteiger partial charge in [-0.25, -0.2) is 4.98 Å². The van der Waals surface area contributed by atoms with Gasteiger partial charge in [-0.1, -0.05) is 29.8 Å². The normalized spacial score (nSPS) is 16.9. The molecule has 0 aliphatic carbocycles. The Labute approximate surface area is 162 Å². The summed E-state index contributed by atoms with van der Waals surface area (Å²) >= 11 is -0.969. The number of nitrogens with zero attached hydrogens (tertiary/aromatic N) is 2. The van der Waals surface area contributed by atoms with E-state index in [0.717, 1.165) is 32.9 Å². The third-order valence-corrected chi connectivity index (χ3v) is 6.30. The second-order valence-corrected chi connectivity index (χ2v) is 8.38. The molecule has 4 rings (SSSR count). The van der Waals surface area contributed by atoms with Gasteiger partial charge in [0.15, 0.2) is 4.90 Å². The van der Waals surface area contributed by atoms with Crippen LogP contribution in [0.2, 0.25) is 0 Å². The van der Waals surface area contributed by atoms with Gasteiger partial charge in [0.05, 0.1) is 12.1 Å². The number of benzene rings is 2. The molecular formula is C21H24N4OS. The van der Waals surface area contributed by atoms with Crippen LogP contribution < -0.4 is 16.0 Å². The van der Waals surface area contributed by atoms with Crippen molar-refractivity contribution in [2.75, 3.05) is 35.6 Å². The number of nitrogens with one attached hydrogen (secondary N) is 1. The molecule has 140 valence electrons. The first-order chi connectivity index (χ1) is 13.2. The van der Waals surface area contributed by atoms with E-state index < -0.39 is 11.2 Å². The molecule has 0 radical (unpaired) electrons. The number of fused-ring (bicyclic) bond motifs is 2. The summed E-state index contributed by atoms with van der Waals surface area (Å²) in [4.78, 5) is 8.07. The van der Waals surface area contributed by atoms with Crippen molar-refractivity contribution in [3.63, 3.8) is 0 Å². The van der Waals surface area contributed by atoms with Crippen molar-refractivity contribution < 1.29 is 4.55 Å². The highest BCUT2D eigenvalue weighted by atomic mass is 32.2. The van der Waals surface area contributed by atoms with Crippen LogP contribution in [0.4, 0.5) is 11.5 Å². The molecule has 1 atom stereocenters. The summed E-state index contributed by atoms with van der Waals surface area (Å²) in [6, 6.07) is 16.4. The third kappa shape index (κ3) is 3.74. The van der Waals surface area contributed by atoms with Crippen molar-refractivity contribution >= 4 is 33.6 Å². The fourth-order valence-electron chi connectivity index (χ4n) is 3.48. The van der Waals surface area contributed by atoms with Gasteiger partial charge in [0, 0.05) is 42.3 Å². The van der Waals surface area contributed by atoms with Crippen LogP contribution in [0.5, 0.6) is 0 Å². The second kappa shape index (κ2) is 7.76. The van der Waals surface area contributed by atoms with E-state index in [-0.39, 0.29) is 0 Å². The monoisotopic (exact) mass is 380 g/mol. The molecule has 0 fully saturated rings. The van der Waals surface area contributed by atoms with Crippen molar-refractivity contribution in [2.45, 2.75) is 18.4 Å². The molecule has 0 bridgehead atoms. The maximum Gasteiger partial charge on any atom is 0.157 e. The van der Waals surface area contributed by atoms with Crippen LogP contribution in [0.15, 0.2) is 53.4 Å². The lowest BCUT2D eigenvalue weighted by atomic mass is 10.1. The number of hydrogen-bond donors (Lipinski definition) is 2. The van der Waals surface area contributed by atoms with Gasteiger partial charge in [0.1, 0.15) is 11.6 Å². The molecule has 0 spiro atoms. The van der Waals surface area contributed by atoms with Crippen molar-refractivity contribution in [3.05, 3.63) is 59.7 Å². The van der Waals surface area contributed by atoms with E-state index in [0.29, 0.717) is 31.9 Å². The molecule has 5 nitrogen and oxygen atoms in total. The molecule has 0 amide bonds. The largest absolute Gasteiger partial charge is 0.611 e. The number of aromatic nitrogens is 1. The van der Waals surface area contributed by atoms with Gasteiger partial charge in [-0.3, -0.25) is 0 Å². The molecule has 0 saturated heterocycles. The van der Waals surface area contributed by atoms with Crippen LogP contribution in [-0.2, 0) is 17.7 Å². The Morgan fingerprint density at radius 2 is 2.07 bits per heavy atom. The van der Waals surface area contributed by atoms with Crippen molar-refractivity contribution in [1.82, 2.24) is 4.98 Å². The number of rotatable bonds is 4. The minimum atomic E-state index is -0.969. The van der Waals surface area contributed by atoms with Gasteiger partial charge in [-0.2, -0.15) is 0 Å². The molecule has 0 saturated carbocycles. The van der Waals surface area contributed by atoms with E-state index in [4.69, 9.17) is 10.7 Å². The molecular weight excluding hydrogens is 356 g/mol. The van der Waals surface area contributed by atoms with Gasteiger partial charge in [-0.05, 0) is 36.3 Å². The smallest absolute Gasteiger partial charge is 0.157 e. The molecule has 1 aromatic heterocycles. The quantitative estimate of drug-likeness (QED) is 0.680. The van der Waals surface area contributed by atoms with Crippen LogP contribution >= 0.6 is 0 Å². The number of nitrogens with two attached hydrogens (primary N) is 1. The number of aryl methyl sites for hydroxylation is 1. The predicted molar refractivity (Wildman–Crippen MR) is 113 cm³/mol. The second-order valence-electron chi connectivity index (χ2n) is 6.84. The molecule has 1 unspecified atom stereocenters. The SMILES string of the molecule is Cc1ccc2nc(N3CC[S+]([O-])c4ccccc4C3)cc(NCCN)c2c1. The molecule has 1 aliphatic heterocycles. The summed E-state index contributed by atoms with van der Waals surface area (Å²) in [5.74, 6) is 1.51. The Balaban J connectivity index is 1.76. The fourth-order valence-corrected chi connectivity index (χ4v) is 4.74. The highest BCUT2D eigenvalue weighted by molar-refractivity contribution is 7.91. The average molecular weight is 381 g/mol. The molecule has 1 aliphatic rings. The van der Waals surface area contributed by atoms with Crippen LogP contribution in [0.1, 0.15) is 11.1 Å². The third-order valence-electron chi connectivity index (χ3n) is 4.86. The summed E-state index contributed by atoms with van der Waals surface area (Å²) in [5.41, 5.74) is 10.0. The molecule has 27 heavy (non-hydrogen) atoms. The molecule has 3 N–H and O–H groups in total. The highest BCUT2D eigenvalue weighted by Gasteiger charge is 2.24. The maximum absolute atomic E-state index is 12.6. The lowest BCUT2D eigenvalue weighted by Gasteiger charge is -2.22. The Kier molecular flexibility index (Phi) is 5.20. The summed E-state index contributed by atoms with van der Waals surface area (Å²) in [6.07, 6.45) is 0. The standard InChI is InChI=1S/C21H24N4OS/c1-15-6-7-18-17(12-15)19(23-9-8-22)13-21(24-18)25-10-11-27(26)20-5-3-2-4-16(20)14-25/h2-7,12-13H,8-11,14,22H2,1H3,(H,23,24). The average Bonchev–Trinajstić information content (AvgIpc) is 2.85. The number of pyridine rings is 1. The van der Waals surface area contributed by atoms with Crippen LogP contribution in [0, 0.1) is 6.92 Å². The summed E-state index contributed by atoms with van der Waals surface area (Å²) in [7, 11) is 0. The van der Waals surface area contributed by atoms with Crippen LogP contribution in [0.25, 0.3) is 10.9 Å². The van der Waals surface area contributed by atoms with Gasteiger partial charge in [0.2, 0.25) is 0 Å². The number of hydrogen-bond acceptors (Lipinski definition) is 5. The van der Waals surface area contributed by atoms with E-state index in [1.807, 2.05) is 18.2 Å². The minimum Gasteiger partial charge on any atom is -0.611 e. The lowest BCUT2D eigenvalue weighted by molar-refractivity contribution is 0.595. The van der Waals surface area contributed by atoms with E-state index in [1.165, 1.54) is 5.56 Å². The van der Waals surface area contributed by atoms with E-state index >= 15 is 0 Å². The first-order valence-corrected chi connectivity index (χ1v) is 10.5. The zero-order chi connectivity index (χ0) is 18.8. The highest BCUT2D eigenvalue weighted by Crippen LogP contribution is 2.31. The fraction of sp³-hybridized carbons (Fsp3) is 0.286. The first kappa shape index (κ1) is 18.1. The topological polar surface area (TPSA) is 77.2 Å². The predicted octanol–water partition coefficient (Wildman–Crippen LogP) is 3.04. The lowest BCUT2D eigenvalue weighted by Crippen LogP contribution is -2.26. The summed E-state index contributed by atoms with van der Waals surface area (Å²) < 4.78 is 12.6. The van der Waals surface area contributed by atoms with Crippen LogP contribution in [-0.4, -0.2) is 34.9 Å². The zero-order valence-corrected chi connectivity index (χ0v) is 16.3. The first-order valence-electron chi connectivity index (χ1n) is 9.22. The van der Waals surface area contributed by atoms with Gasteiger partial charge in [-0.15, -0.1) is 0 Å². The summed E-state index contributed by atoms with van der Waals surface area (Å²) in [6.45, 7) is 4.78. The van der Waals surface area contributed by atoms with Crippen LogP contribution in [0.3, 0.4) is 0 Å². The Bertz CT molecular complexity index is 962. The summed E-state index contributed by atoms with van der Waals surface area (Å²) in [5, 5.41) is 4.54. The van der Waals surface area contributed by atoms with Crippen molar-refractivity contribution in [3.8, 4) is 0 Å². The zero-order valence-electron chi connectivity index (χ0n) is 15.4. The Morgan fingerprint density at radius 1 is 1.22 bits per heavy atom. The van der Waals surface area contributed by atoms with E-state index in [1.54, 1.807) is 0 Å². The number of anilines is 2. The van der Waals surface area contributed by atoms with Gasteiger partial charge < -0.3 is 20.5 Å². The Hall–Kier alpha value is -2.28. The molecule has 6 heteroatoms. The van der Waals surface area contributed by atoms with Gasteiger partial charge >= 0.3 is 0 Å². The van der Waals surface area contributed by atoms with Crippen molar-refractivity contribution in [1.29, 1.82) is 0 Å². The molecule has 3 aromatic rings. The molecule has 2 heterocycles. The van der Waals surface area contributed by atoms with E-state index in [2.05, 4.69) is 47.5 Å². The van der Waals surface area contributed by atoms with Crippen molar-refractivity contribution in [2.24, 2.45) is 5.73 Å². The van der Waals surface area contributed by atoms with Gasteiger partial charge in [0.25, 0.3) is 0 Å².